The molecule has 0 spiro atoms. The van der Waals surface area contributed by atoms with Gasteiger partial charge in [-0.25, -0.2) is 14.4 Å². The van der Waals surface area contributed by atoms with E-state index < -0.39 is 5.97 Å². The second-order valence-electron chi connectivity index (χ2n) is 9.64. The fourth-order valence-electron chi connectivity index (χ4n) is 5.31. The minimum absolute atomic E-state index is 0.0152. The molecule has 0 bridgehead atoms. The van der Waals surface area contributed by atoms with Gasteiger partial charge in [-0.05, 0) is 54.7 Å². The molecule has 2 aromatic carbocycles. The predicted molar refractivity (Wildman–Crippen MR) is 135 cm³/mol. The van der Waals surface area contributed by atoms with E-state index in [4.69, 9.17) is 10.1 Å². The molecule has 35 heavy (non-hydrogen) atoms. The summed E-state index contributed by atoms with van der Waals surface area (Å²) in [5, 5.41) is 9.79. The van der Waals surface area contributed by atoms with Crippen LogP contribution in [0.3, 0.4) is 0 Å². The van der Waals surface area contributed by atoms with Crippen LogP contribution in [0.5, 0.6) is 0 Å². The number of aliphatic carboxylic acids is 1. The van der Waals surface area contributed by atoms with E-state index in [9.17, 15) is 4.79 Å². The van der Waals surface area contributed by atoms with E-state index in [1.807, 2.05) is 25.1 Å². The normalized spacial score (nSPS) is 18.3. The molecule has 1 saturated carbocycles. The Bertz CT molecular complexity index is 1410. The van der Waals surface area contributed by atoms with Crippen molar-refractivity contribution < 1.29 is 14.3 Å². The molecular formula is C28H26FN3O2S. The Labute approximate surface area is 207 Å². The van der Waals surface area contributed by atoms with E-state index in [-0.39, 0.29) is 23.2 Å². The second-order valence-corrected chi connectivity index (χ2v) is 10.6. The molecule has 178 valence electrons. The quantitative estimate of drug-likeness (QED) is 0.344. The maximum atomic E-state index is 15.3. The number of pyridine rings is 1. The van der Waals surface area contributed by atoms with Gasteiger partial charge in [-0.3, -0.25) is 9.69 Å². The maximum absolute atomic E-state index is 15.3. The summed E-state index contributed by atoms with van der Waals surface area (Å²) in [4.78, 5) is 23.7. The number of halogens is 1. The summed E-state index contributed by atoms with van der Waals surface area (Å²) in [7, 11) is 0. The Morgan fingerprint density at radius 1 is 1.14 bits per heavy atom. The standard InChI is InChI=1S/C28H26FN3O2S/c1-2-23(32-15-18(16-32)27(33)34)17-8-9-20(21(29)14-17)25-30-22-10-11-24(31-26(22)35-25)28(12-13-28)19-6-4-3-5-7-19/h3-11,14,18,23H,2,12-13,15-16H2,1H3,(H,33,34)/t23-/m1/s1. The summed E-state index contributed by atoms with van der Waals surface area (Å²) in [6.07, 6.45) is 2.96. The van der Waals surface area contributed by atoms with Gasteiger partial charge in [0, 0.05) is 30.1 Å². The molecule has 1 aliphatic carbocycles. The van der Waals surface area contributed by atoms with Gasteiger partial charge >= 0.3 is 5.97 Å². The molecule has 4 aromatic rings. The molecule has 1 N–H and O–H groups in total. The van der Waals surface area contributed by atoms with Crippen molar-refractivity contribution in [1.29, 1.82) is 0 Å². The molecule has 0 unspecified atom stereocenters. The number of nitrogens with zero attached hydrogens (tertiary/aromatic N) is 3. The molecule has 1 saturated heterocycles. The Balaban J connectivity index is 1.27. The Morgan fingerprint density at radius 3 is 2.57 bits per heavy atom. The van der Waals surface area contributed by atoms with Gasteiger partial charge < -0.3 is 5.11 Å². The van der Waals surface area contributed by atoms with Crippen LogP contribution < -0.4 is 0 Å². The highest BCUT2D eigenvalue weighted by atomic mass is 32.1. The molecule has 5 nitrogen and oxygen atoms in total. The lowest BCUT2D eigenvalue weighted by atomic mass is 9.92. The van der Waals surface area contributed by atoms with Crippen LogP contribution in [0.1, 0.15) is 49.0 Å². The van der Waals surface area contributed by atoms with E-state index in [0.717, 1.165) is 40.9 Å². The van der Waals surface area contributed by atoms with E-state index in [0.29, 0.717) is 23.7 Å². The SMILES string of the molecule is CC[C@H](c1ccc(-c2nc3ccc(C4(c5ccccc5)CC4)nc3s2)c(F)c1)N1CC(C(=O)O)C1. The van der Waals surface area contributed by atoms with Crippen molar-refractivity contribution in [3.8, 4) is 10.6 Å². The van der Waals surface area contributed by atoms with Gasteiger partial charge in [-0.2, -0.15) is 0 Å². The van der Waals surface area contributed by atoms with Crippen LogP contribution in [0.4, 0.5) is 4.39 Å². The highest BCUT2D eigenvalue weighted by Gasteiger charge is 2.47. The second kappa shape index (κ2) is 8.50. The number of likely N-dealkylation sites (tertiary alicyclic amines) is 1. The Kier molecular flexibility index (Phi) is 5.42. The third kappa shape index (κ3) is 3.83. The first-order chi connectivity index (χ1) is 17.0. The van der Waals surface area contributed by atoms with Crippen molar-refractivity contribution in [1.82, 2.24) is 14.9 Å². The van der Waals surface area contributed by atoms with Gasteiger partial charge in [0.2, 0.25) is 0 Å². The van der Waals surface area contributed by atoms with Gasteiger partial charge in [0.1, 0.15) is 21.2 Å². The van der Waals surface area contributed by atoms with Crippen LogP contribution in [0.25, 0.3) is 20.9 Å². The maximum Gasteiger partial charge on any atom is 0.309 e. The fraction of sp³-hybridized carbons (Fsp3) is 0.321. The monoisotopic (exact) mass is 487 g/mol. The lowest BCUT2D eigenvalue weighted by Gasteiger charge is -2.42. The van der Waals surface area contributed by atoms with E-state index in [1.165, 1.54) is 16.9 Å². The molecule has 6 rings (SSSR count). The third-order valence-corrected chi connectivity index (χ3v) is 8.52. The van der Waals surface area contributed by atoms with Crippen molar-refractivity contribution in [2.24, 2.45) is 5.92 Å². The van der Waals surface area contributed by atoms with Gasteiger partial charge in [0.25, 0.3) is 0 Å². The van der Waals surface area contributed by atoms with Crippen LogP contribution in [-0.4, -0.2) is 39.0 Å². The highest BCUT2D eigenvalue weighted by molar-refractivity contribution is 7.21. The molecule has 1 atom stereocenters. The van der Waals surface area contributed by atoms with Crippen molar-refractivity contribution in [3.63, 3.8) is 0 Å². The summed E-state index contributed by atoms with van der Waals surface area (Å²) in [5.74, 6) is -1.40. The fourth-order valence-corrected chi connectivity index (χ4v) is 6.28. The number of hydrogen-bond acceptors (Lipinski definition) is 5. The lowest BCUT2D eigenvalue weighted by molar-refractivity contribution is -0.148. The van der Waals surface area contributed by atoms with Gasteiger partial charge in [-0.1, -0.05) is 54.7 Å². The van der Waals surface area contributed by atoms with Gasteiger partial charge in [0.15, 0.2) is 0 Å². The number of benzene rings is 2. The number of carboxylic acids is 1. The Hall–Kier alpha value is -3.16. The summed E-state index contributed by atoms with van der Waals surface area (Å²) < 4.78 is 15.3. The van der Waals surface area contributed by atoms with Crippen LogP contribution in [0.15, 0.2) is 60.7 Å². The topological polar surface area (TPSA) is 66.3 Å². The first-order valence-electron chi connectivity index (χ1n) is 12.1. The van der Waals surface area contributed by atoms with Crippen molar-refractivity contribution in [2.75, 3.05) is 13.1 Å². The first kappa shape index (κ1) is 22.3. The van der Waals surface area contributed by atoms with Crippen molar-refractivity contribution >= 4 is 27.7 Å². The molecule has 0 radical (unpaired) electrons. The lowest BCUT2D eigenvalue weighted by Crippen LogP contribution is -2.51. The summed E-state index contributed by atoms with van der Waals surface area (Å²) >= 11 is 1.43. The van der Waals surface area contributed by atoms with Gasteiger partial charge in [0.05, 0.1) is 11.6 Å². The van der Waals surface area contributed by atoms with Crippen molar-refractivity contribution in [2.45, 2.75) is 37.6 Å². The number of carboxylic acid groups (broad SMARTS) is 1. The average molecular weight is 488 g/mol. The molecule has 2 aromatic heterocycles. The number of fused-ring (bicyclic) bond motifs is 1. The molecule has 3 heterocycles. The molecule has 1 aliphatic heterocycles. The minimum atomic E-state index is -0.762. The zero-order valence-electron chi connectivity index (χ0n) is 19.4. The number of thiazole rings is 1. The van der Waals surface area contributed by atoms with Crippen LogP contribution in [0.2, 0.25) is 0 Å². The number of rotatable bonds is 7. The number of carbonyl (C=O) groups is 1. The van der Waals surface area contributed by atoms with E-state index in [1.54, 1.807) is 12.1 Å². The molecule has 2 aliphatic rings. The zero-order chi connectivity index (χ0) is 24.2. The van der Waals surface area contributed by atoms with E-state index >= 15 is 4.39 Å². The number of aromatic nitrogens is 2. The van der Waals surface area contributed by atoms with Crippen LogP contribution >= 0.6 is 11.3 Å². The smallest absolute Gasteiger partial charge is 0.309 e. The minimum Gasteiger partial charge on any atom is -0.481 e. The van der Waals surface area contributed by atoms with E-state index in [2.05, 4.69) is 40.2 Å². The Morgan fingerprint density at radius 2 is 1.91 bits per heavy atom. The molecule has 0 amide bonds. The first-order valence-corrected chi connectivity index (χ1v) is 12.9. The summed E-state index contributed by atoms with van der Waals surface area (Å²) in [5.41, 5.74) is 4.47. The summed E-state index contributed by atoms with van der Waals surface area (Å²) in [6.45, 7) is 3.06. The highest BCUT2D eigenvalue weighted by Crippen LogP contribution is 2.53. The van der Waals surface area contributed by atoms with Crippen LogP contribution in [-0.2, 0) is 10.2 Å². The summed E-state index contributed by atoms with van der Waals surface area (Å²) in [6, 6.07) is 19.9. The van der Waals surface area contributed by atoms with Gasteiger partial charge in [-0.15, -0.1) is 0 Å². The molecule has 7 heteroatoms. The molecule has 2 fully saturated rings. The number of hydrogen-bond donors (Lipinski definition) is 1. The van der Waals surface area contributed by atoms with Crippen LogP contribution in [0, 0.1) is 11.7 Å². The van der Waals surface area contributed by atoms with Crippen molar-refractivity contribution in [3.05, 3.63) is 83.3 Å². The molecular weight excluding hydrogens is 461 g/mol. The zero-order valence-corrected chi connectivity index (χ0v) is 20.3. The largest absolute Gasteiger partial charge is 0.481 e. The average Bonchev–Trinajstić information content (AvgIpc) is 3.54. The third-order valence-electron chi connectivity index (χ3n) is 7.52. The predicted octanol–water partition coefficient (Wildman–Crippen LogP) is 6.04.